The Hall–Kier alpha value is -1.40. The Morgan fingerprint density at radius 2 is 2.04 bits per heavy atom. The Morgan fingerprint density at radius 1 is 1.27 bits per heavy atom. The number of thiophene rings is 1. The van der Waals surface area contributed by atoms with Crippen LogP contribution in [0.1, 0.15) is 41.4 Å². The molecule has 2 amide bonds. The fourth-order valence-electron chi connectivity index (χ4n) is 4.86. The van der Waals surface area contributed by atoms with Gasteiger partial charge in [-0.1, -0.05) is 6.92 Å². The molecule has 1 aromatic rings. The fraction of sp³-hybridized carbons (Fsp3) is 0.700. The molecule has 6 heteroatoms. The van der Waals surface area contributed by atoms with Gasteiger partial charge in [-0.3, -0.25) is 9.59 Å². The number of rotatable bonds is 4. The summed E-state index contributed by atoms with van der Waals surface area (Å²) in [6, 6.07) is 1.96. The van der Waals surface area contributed by atoms with Crippen molar-refractivity contribution in [1.82, 2.24) is 14.7 Å². The van der Waals surface area contributed by atoms with Crippen LogP contribution in [0.3, 0.4) is 0 Å². The maximum absolute atomic E-state index is 13.2. The Morgan fingerprint density at radius 3 is 2.73 bits per heavy atom. The van der Waals surface area contributed by atoms with Crippen molar-refractivity contribution < 1.29 is 9.59 Å². The van der Waals surface area contributed by atoms with Crippen molar-refractivity contribution in [3.8, 4) is 0 Å². The highest BCUT2D eigenvalue weighted by molar-refractivity contribution is 7.12. The number of carbonyl (C=O) groups excluding carboxylic acids is 2. The quantitative estimate of drug-likeness (QED) is 0.812. The van der Waals surface area contributed by atoms with Gasteiger partial charge in [-0.2, -0.15) is 0 Å². The summed E-state index contributed by atoms with van der Waals surface area (Å²) in [7, 11) is 0. The van der Waals surface area contributed by atoms with Gasteiger partial charge in [-0.05, 0) is 62.2 Å². The third kappa shape index (κ3) is 3.07. The van der Waals surface area contributed by atoms with Crippen LogP contribution < -0.4 is 0 Å². The summed E-state index contributed by atoms with van der Waals surface area (Å²) >= 11 is 1.51. The van der Waals surface area contributed by atoms with Crippen LogP contribution in [0, 0.1) is 18.3 Å². The van der Waals surface area contributed by atoms with Gasteiger partial charge in [0.1, 0.15) is 0 Å². The lowest BCUT2D eigenvalue weighted by Crippen LogP contribution is -2.42. The number of likely N-dealkylation sites (tertiary alicyclic amines) is 3. The second-order valence-corrected chi connectivity index (χ2v) is 9.23. The molecule has 3 fully saturated rings. The van der Waals surface area contributed by atoms with Gasteiger partial charge in [0.15, 0.2) is 0 Å². The molecule has 0 bridgehead atoms. The Labute approximate surface area is 159 Å². The summed E-state index contributed by atoms with van der Waals surface area (Å²) in [6.07, 6.45) is 3.46. The zero-order valence-electron chi connectivity index (χ0n) is 15.9. The van der Waals surface area contributed by atoms with Crippen LogP contribution in [-0.4, -0.2) is 72.3 Å². The molecular weight excluding hydrogens is 346 g/mol. The molecule has 5 nitrogen and oxygen atoms in total. The van der Waals surface area contributed by atoms with Crippen LogP contribution in [0.4, 0.5) is 0 Å². The van der Waals surface area contributed by atoms with E-state index in [0.29, 0.717) is 13.1 Å². The molecule has 1 spiro atoms. The third-order valence-corrected chi connectivity index (χ3v) is 7.60. The lowest BCUT2D eigenvalue weighted by Gasteiger charge is -2.27. The molecule has 4 heterocycles. The Balaban J connectivity index is 1.41. The minimum atomic E-state index is -0.354. The van der Waals surface area contributed by atoms with Crippen LogP contribution in [0.2, 0.25) is 0 Å². The highest BCUT2D eigenvalue weighted by Crippen LogP contribution is 2.45. The second-order valence-electron chi connectivity index (χ2n) is 8.32. The van der Waals surface area contributed by atoms with Crippen molar-refractivity contribution in [3.05, 3.63) is 21.9 Å². The first kappa shape index (κ1) is 18.0. The summed E-state index contributed by atoms with van der Waals surface area (Å²) in [4.78, 5) is 33.3. The van der Waals surface area contributed by atoms with Crippen LogP contribution in [-0.2, 0) is 4.79 Å². The van der Waals surface area contributed by atoms with Gasteiger partial charge in [0.05, 0.1) is 10.3 Å². The van der Waals surface area contributed by atoms with Crippen molar-refractivity contribution in [1.29, 1.82) is 0 Å². The van der Waals surface area contributed by atoms with Gasteiger partial charge in [-0.25, -0.2) is 0 Å². The van der Waals surface area contributed by atoms with E-state index in [1.165, 1.54) is 37.3 Å². The van der Waals surface area contributed by atoms with Crippen molar-refractivity contribution >= 4 is 23.2 Å². The highest BCUT2D eigenvalue weighted by Gasteiger charge is 2.55. The molecule has 0 aromatic carbocycles. The van der Waals surface area contributed by atoms with Gasteiger partial charge < -0.3 is 14.7 Å². The van der Waals surface area contributed by atoms with Crippen LogP contribution in [0.15, 0.2) is 11.4 Å². The van der Waals surface area contributed by atoms with Gasteiger partial charge >= 0.3 is 0 Å². The summed E-state index contributed by atoms with van der Waals surface area (Å²) in [5, 5.41) is 2.02. The summed E-state index contributed by atoms with van der Waals surface area (Å²) in [5.41, 5.74) is 0.776. The van der Waals surface area contributed by atoms with Gasteiger partial charge in [0.2, 0.25) is 5.91 Å². The largest absolute Gasteiger partial charge is 0.341 e. The summed E-state index contributed by atoms with van der Waals surface area (Å²) in [6.45, 7) is 10.5. The smallest absolute Gasteiger partial charge is 0.263 e. The molecule has 0 unspecified atom stereocenters. The van der Waals surface area contributed by atoms with E-state index in [4.69, 9.17) is 0 Å². The number of nitrogens with zero attached hydrogens (tertiary/aromatic N) is 3. The zero-order valence-corrected chi connectivity index (χ0v) is 16.7. The van der Waals surface area contributed by atoms with Crippen molar-refractivity contribution in [2.75, 3.05) is 45.8 Å². The van der Waals surface area contributed by atoms with Crippen molar-refractivity contribution in [3.63, 3.8) is 0 Å². The standard InChI is InChI=1S/C20H29N3O2S/c1-15-11-17(26-13-15)18(24)23-12-16(2)20(14-23)5-8-22(19(20)25)10-9-21-6-3-4-7-21/h11,13,16H,3-10,12,14H2,1-2H3/t16-,20-/m1/s1. The molecular formula is C20H29N3O2S. The normalized spacial score (nSPS) is 29.5. The minimum absolute atomic E-state index is 0.0927. The summed E-state index contributed by atoms with van der Waals surface area (Å²) < 4.78 is 0. The molecule has 142 valence electrons. The zero-order chi connectivity index (χ0) is 18.3. The highest BCUT2D eigenvalue weighted by atomic mass is 32.1. The Bertz CT molecular complexity index is 697. The average Bonchev–Trinajstić information content (AvgIpc) is 3.38. The third-order valence-electron chi connectivity index (χ3n) is 6.56. The van der Waals surface area contributed by atoms with E-state index in [0.717, 1.165) is 36.5 Å². The maximum Gasteiger partial charge on any atom is 0.263 e. The molecule has 26 heavy (non-hydrogen) atoms. The van der Waals surface area contributed by atoms with Crippen LogP contribution in [0.5, 0.6) is 0 Å². The van der Waals surface area contributed by atoms with Crippen molar-refractivity contribution in [2.24, 2.45) is 11.3 Å². The van der Waals surface area contributed by atoms with Crippen LogP contribution >= 0.6 is 11.3 Å². The van der Waals surface area contributed by atoms with E-state index in [1.54, 1.807) is 0 Å². The first-order chi connectivity index (χ1) is 12.5. The lowest BCUT2D eigenvalue weighted by atomic mass is 9.78. The van der Waals surface area contributed by atoms with E-state index in [-0.39, 0.29) is 23.1 Å². The molecule has 2 atom stereocenters. The first-order valence-electron chi connectivity index (χ1n) is 9.86. The van der Waals surface area contributed by atoms with Gasteiger partial charge in [0, 0.05) is 32.7 Å². The molecule has 1 aromatic heterocycles. The van der Waals surface area contributed by atoms with Gasteiger partial charge in [-0.15, -0.1) is 11.3 Å². The van der Waals surface area contributed by atoms with Gasteiger partial charge in [0.25, 0.3) is 5.91 Å². The van der Waals surface area contributed by atoms with Crippen LogP contribution in [0.25, 0.3) is 0 Å². The predicted molar refractivity (Wildman–Crippen MR) is 103 cm³/mol. The second kappa shape index (κ2) is 6.97. The van der Waals surface area contributed by atoms with E-state index >= 15 is 0 Å². The number of hydrogen-bond acceptors (Lipinski definition) is 4. The van der Waals surface area contributed by atoms with Crippen molar-refractivity contribution in [2.45, 2.75) is 33.1 Å². The monoisotopic (exact) mass is 375 g/mol. The number of amides is 2. The van der Waals surface area contributed by atoms with E-state index in [1.807, 2.05) is 23.3 Å². The predicted octanol–water partition coefficient (Wildman–Crippen LogP) is 2.46. The molecule has 0 aliphatic carbocycles. The molecule has 0 radical (unpaired) electrons. The number of hydrogen-bond donors (Lipinski definition) is 0. The molecule has 3 aliphatic rings. The molecule has 3 saturated heterocycles. The molecule has 0 saturated carbocycles. The minimum Gasteiger partial charge on any atom is -0.341 e. The first-order valence-corrected chi connectivity index (χ1v) is 10.7. The molecule has 0 N–H and O–H groups in total. The average molecular weight is 376 g/mol. The number of aryl methyl sites for hydroxylation is 1. The Kier molecular flexibility index (Phi) is 4.82. The molecule has 3 aliphatic heterocycles. The fourth-order valence-corrected chi connectivity index (χ4v) is 5.73. The van der Waals surface area contributed by atoms with E-state index in [2.05, 4.69) is 16.7 Å². The summed E-state index contributed by atoms with van der Waals surface area (Å²) in [5.74, 6) is 0.605. The SMILES string of the molecule is Cc1csc(C(=O)N2C[C@@H](C)[C@@]3(CCN(CCN4CCCC4)C3=O)C2)c1. The molecule has 4 rings (SSSR count). The number of carbonyl (C=O) groups is 2. The van der Waals surface area contributed by atoms with E-state index in [9.17, 15) is 9.59 Å². The lowest BCUT2D eigenvalue weighted by molar-refractivity contribution is -0.137. The maximum atomic E-state index is 13.2. The topological polar surface area (TPSA) is 43.9 Å². The van der Waals surface area contributed by atoms with E-state index < -0.39 is 0 Å².